The van der Waals surface area contributed by atoms with Crippen LogP contribution < -0.4 is 0 Å². The van der Waals surface area contributed by atoms with Crippen molar-refractivity contribution in [3.05, 3.63) is 83.4 Å². The highest BCUT2D eigenvalue weighted by molar-refractivity contribution is 5.82. The van der Waals surface area contributed by atoms with Crippen LogP contribution in [0.15, 0.2) is 60.8 Å². The largest absolute Gasteiger partial charge is 0.367 e. The number of aromatic nitrogens is 3. The molecule has 0 radical (unpaired) electrons. The minimum absolute atomic E-state index is 0.104. The van der Waals surface area contributed by atoms with Crippen LogP contribution in [0, 0.1) is 6.92 Å². The van der Waals surface area contributed by atoms with E-state index in [1.54, 1.807) is 22.9 Å². The molecule has 0 unspecified atom stereocenters. The number of carbonyl (C=O) groups is 1. The molecular formula is C21H24N4O2. The third-order valence-electron chi connectivity index (χ3n) is 4.40. The van der Waals surface area contributed by atoms with Crippen molar-refractivity contribution in [3.8, 4) is 0 Å². The Kier molecular flexibility index (Phi) is 5.98. The van der Waals surface area contributed by atoms with E-state index in [0.717, 1.165) is 22.6 Å². The standard InChI is InChI=1S/C21H24N4O2/c1-16-13-19(24(2)23-16)15-25(14-18-11-7-8-12-22-18)21(26)20(27-3)17-9-5-4-6-10-17/h4-13,20H,14-15H2,1-3H3/t20-/m1/s1. The van der Waals surface area contributed by atoms with Gasteiger partial charge in [-0.15, -0.1) is 0 Å². The summed E-state index contributed by atoms with van der Waals surface area (Å²) in [6, 6.07) is 17.2. The average Bonchev–Trinajstić information content (AvgIpc) is 3.00. The van der Waals surface area contributed by atoms with Gasteiger partial charge in [-0.25, -0.2) is 0 Å². The second-order valence-corrected chi connectivity index (χ2v) is 6.44. The van der Waals surface area contributed by atoms with Gasteiger partial charge in [0.2, 0.25) is 0 Å². The zero-order valence-electron chi connectivity index (χ0n) is 15.9. The van der Waals surface area contributed by atoms with Gasteiger partial charge in [0.05, 0.1) is 30.2 Å². The predicted octanol–water partition coefficient (Wildman–Crippen LogP) is 3.04. The Balaban J connectivity index is 1.90. The number of amides is 1. The van der Waals surface area contributed by atoms with Crippen LogP contribution in [0.3, 0.4) is 0 Å². The number of hydrogen-bond donors (Lipinski definition) is 0. The Morgan fingerprint density at radius 3 is 2.48 bits per heavy atom. The molecule has 0 aliphatic carbocycles. The molecule has 2 heterocycles. The molecule has 0 spiro atoms. The van der Waals surface area contributed by atoms with Gasteiger partial charge in [0.15, 0.2) is 6.10 Å². The molecule has 3 rings (SSSR count). The Labute approximate surface area is 159 Å². The summed E-state index contributed by atoms with van der Waals surface area (Å²) in [4.78, 5) is 19.5. The first kappa shape index (κ1) is 18.8. The summed E-state index contributed by atoms with van der Waals surface area (Å²) < 4.78 is 7.36. The van der Waals surface area contributed by atoms with Crippen molar-refractivity contribution in [1.29, 1.82) is 0 Å². The first-order valence-corrected chi connectivity index (χ1v) is 8.84. The molecule has 0 aliphatic rings. The molecule has 0 fully saturated rings. The SMILES string of the molecule is CO[C@@H](C(=O)N(Cc1ccccn1)Cc1cc(C)nn1C)c1ccccc1. The number of hydrogen-bond acceptors (Lipinski definition) is 4. The van der Waals surface area contributed by atoms with Crippen molar-refractivity contribution >= 4 is 5.91 Å². The lowest BCUT2D eigenvalue weighted by Crippen LogP contribution is -2.35. The molecule has 140 valence electrons. The van der Waals surface area contributed by atoms with Crippen LogP contribution in [0.1, 0.15) is 28.7 Å². The normalized spacial score (nSPS) is 12.0. The molecule has 1 atom stereocenters. The van der Waals surface area contributed by atoms with Gasteiger partial charge in [0.25, 0.3) is 5.91 Å². The van der Waals surface area contributed by atoms with E-state index < -0.39 is 6.10 Å². The van der Waals surface area contributed by atoms with Crippen LogP contribution in [-0.4, -0.2) is 32.7 Å². The highest BCUT2D eigenvalue weighted by atomic mass is 16.5. The summed E-state index contributed by atoms with van der Waals surface area (Å²) in [5, 5.41) is 4.39. The fourth-order valence-electron chi connectivity index (χ4n) is 3.08. The van der Waals surface area contributed by atoms with Gasteiger partial charge in [-0.05, 0) is 30.7 Å². The van der Waals surface area contributed by atoms with E-state index in [2.05, 4.69) is 10.1 Å². The zero-order valence-corrected chi connectivity index (χ0v) is 15.9. The first-order chi connectivity index (χ1) is 13.1. The third kappa shape index (κ3) is 4.60. The van der Waals surface area contributed by atoms with Gasteiger partial charge in [-0.1, -0.05) is 36.4 Å². The summed E-state index contributed by atoms with van der Waals surface area (Å²) in [6.45, 7) is 2.77. The Morgan fingerprint density at radius 1 is 1.15 bits per heavy atom. The van der Waals surface area contributed by atoms with Crippen LogP contribution >= 0.6 is 0 Å². The topological polar surface area (TPSA) is 60.2 Å². The maximum atomic E-state index is 13.3. The van der Waals surface area contributed by atoms with Crippen LogP contribution in [0.25, 0.3) is 0 Å². The molecule has 0 N–H and O–H groups in total. The summed E-state index contributed by atoms with van der Waals surface area (Å²) in [5.41, 5.74) is 3.54. The third-order valence-corrected chi connectivity index (χ3v) is 4.40. The van der Waals surface area contributed by atoms with E-state index >= 15 is 0 Å². The number of nitrogens with zero attached hydrogens (tertiary/aromatic N) is 4. The molecule has 1 amide bonds. The van der Waals surface area contributed by atoms with Gasteiger partial charge >= 0.3 is 0 Å². The van der Waals surface area contributed by atoms with Crippen LogP contribution in [0.2, 0.25) is 0 Å². The Bertz CT molecular complexity index is 878. The fourth-order valence-corrected chi connectivity index (χ4v) is 3.08. The second kappa shape index (κ2) is 8.60. The van der Waals surface area contributed by atoms with Crippen molar-refractivity contribution in [2.75, 3.05) is 7.11 Å². The molecule has 0 saturated heterocycles. The minimum atomic E-state index is -0.663. The van der Waals surface area contributed by atoms with E-state index in [1.807, 2.05) is 68.6 Å². The maximum Gasteiger partial charge on any atom is 0.257 e. The molecule has 27 heavy (non-hydrogen) atoms. The lowest BCUT2D eigenvalue weighted by atomic mass is 10.1. The molecule has 6 heteroatoms. The van der Waals surface area contributed by atoms with Gasteiger partial charge < -0.3 is 9.64 Å². The van der Waals surface area contributed by atoms with Gasteiger partial charge in [0, 0.05) is 20.4 Å². The predicted molar refractivity (Wildman–Crippen MR) is 103 cm³/mol. The fraction of sp³-hybridized carbons (Fsp3) is 0.286. The molecule has 1 aromatic carbocycles. The van der Waals surface area contributed by atoms with Gasteiger partial charge in [-0.3, -0.25) is 14.5 Å². The van der Waals surface area contributed by atoms with E-state index in [0.29, 0.717) is 13.1 Å². The highest BCUT2D eigenvalue weighted by Gasteiger charge is 2.27. The minimum Gasteiger partial charge on any atom is -0.367 e. The summed E-state index contributed by atoms with van der Waals surface area (Å²) in [7, 11) is 3.44. The quantitative estimate of drug-likeness (QED) is 0.646. The van der Waals surface area contributed by atoms with Crippen molar-refractivity contribution in [2.45, 2.75) is 26.1 Å². The van der Waals surface area contributed by atoms with Crippen LogP contribution in [0.5, 0.6) is 0 Å². The van der Waals surface area contributed by atoms with Crippen molar-refractivity contribution in [1.82, 2.24) is 19.7 Å². The van der Waals surface area contributed by atoms with E-state index in [9.17, 15) is 4.79 Å². The number of pyridine rings is 1. The van der Waals surface area contributed by atoms with Gasteiger partial charge in [-0.2, -0.15) is 5.10 Å². The van der Waals surface area contributed by atoms with E-state index in [1.165, 1.54) is 0 Å². The molecule has 0 bridgehead atoms. The molecule has 0 saturated carbocycles. The monoisotopic (exact) mass is 364 g/mol. The number of carbonyl (C=O) groups excluding carboxylic acids is 1. The van der Waals surface area contributed by atoms with Crippen molar-refractivity contribution in [3.63, 3.8) is 0 Å². The van der Waals surface area contributed by atoms with E-state index in [-0.39, 0.29) is 5.91 Å². The molecular weight excluding hydrogens is 340 g/mol. The van der Waals surface area contributed by atoms with Crippen molar-refractivity contribution in [2.24, 2.45) is 7.05 Å². The van der Waals surface area contributed by atoms with E-state index in [4.69, 9.17) is 4.74 Å². The molecule has 3 aromatic rings. The summed E-state index contributed by atoms with van der Waals surface area (Å²) >= 11 is 0. The maximum absolute atomic E-state index is 13.3. The lowest BCUT2D eigenvalue weighted by Gasteiger charge is -2.27. The highest BCUT2D eigenvalue weighted by Crippen LogP contribution is 2.22. The molecule has 6 nitrogen and oxygen atoms in total. The van der Waals surface area contributed by atoms with Gasteiger partial charge in [0.1, 0.15) is 0 Å². The summed E-state index contributed by atoms with van der Waals surface area (Å²) in [6.07, 6.45) is 1.07. The number of benzene rings is 1. The first-order valence-electron chi connectivity index (χ1n) is 8.84. The lowest BCUT2D eigenvalue weighted by molar-refractivity contribution is -0.144. The molecule has 0 aliphatic heterocycles. The summed E-state index contributed by atoms with van der Waals surface area (Å²) in [5.74, 6) is -0.104. The smallest absolute Gasteiger partial charge is 0.257 e. The zero-order chi connectivity index (χ0) is 19.2. The average molecular weight is 364 g/mol. The Morgan fingerprint density at radius 2 is 1.89 bits per heavy atom. The Hall–Kier alpha value is -2.99. The van der Waals surface area contributed by atoms with Crippen LogP contribution in [0.4, 0.5) is 0 Å². The number of aryl methyl sites for hydroxylation is 2. The number of ether oxygens (including phenoxy) is 1. The second-order valence-electron chi connectivity index (χ2n) is 6.44. The number of methoxy groups -OCH3 is 1. The van der Waals surface area contributed by atoms with Crippen molar-refractivity contribution < 1.29 is 9.53 Å². The molecule has 2 aromatic heterocycles. The number of rotatable bonds is 7. The van der Waals surface area contributed by atoms with Crippen LogP contribution in [-0.2, 0) is 29.7 Å².